The third-order valence-electron chi connectivity index (χ3n) is 8.08. The average Bonchev–Trinajstić information content (AvgIpc) is 3.05. The van der Waals surface area contributed by atoms with Gasteiger partial charge >= 0.3 is 19.8 Å². The molecule has 0 saturated heterocycles. The Morgan fingerprint density at radius 3 is 1.68 bits per heavy atom. The van der Waals surface area contributed by atoms with Crippen molar-refractivity contribution in [1.29, 1.82) is 0 Å². The molecule has 3 N–H and O–H groups in total. The molecule has 0 fully saturated rings. The van der Waals surface area contributed by atoms with Gasteiger partial charge in [-0.3, -0.25) is 14.1 Å². The van der Waals surface area contributed by atoms with E-state index in [0.29, 0.717) is 25.7 Å². The van der Waals surface area contributed by atoms with Crippen molar-refractivity contribution in [3.05, 3.63) is 48.6 Å². The van der Waals surface area contributed by atoms with E-state index in [1.54, 1.807) is 0 Å². The number of aliphatic hydroxyl groups is 1. The zero-order valence-electron chi connectivity index (χ0n) is 31.6. The highest BCUT2D eigenvalue weighted by Crippen LogP contribution is 2.36. The van der Waals surface area contributed by atoms with Gasteiger partial charge in [0.05, 0.1) is 12.7 Å². The van der Waals surface area contributed by atoms with E-state index >= 15 is 0 Å². The Morgan fingerprint density at radius 2 is 1.14 bits per heavy atom. The molecule has 0 saturated carbocycles. The van der Waals surface area contributed by atoms with Crippen LogP contribution < -0.4 is 0 Å². The number of allylic oxidation sites excluding steroid dienone is 7. The molecular weight excluding hydrogens is 655 g/mol. The number of hydrogen-bond acceptors (Lipinski definition) is 7. The molecule has 0 aromatic heterocycles. The first-order chi connectivity index (χ1) is 24.0. The number of aliphatic hydroxyl groups excluding tert-OH is 1. The van der Waals surface area contributed by atoms with Crippen molar-refractivity contribution in [2.45, 2.75) is 174 Å². The lowest BCUT2D eigenvalue weighted by atomic mass is 10.0. The minimum Gasteiger partial charge on any atom is -0.462 e. The summed E-state index contributed by atoms with van der Waals surface area (Å²) < 4.78 is 26.2. The molecule has 2 atom stereocenters. The maximum absolute atomic E-state index is 12.3. The molecule has 0 spiro atoms. The molecule has 0 aliphatic heterocycles. The summed E-state index contributed by atoms with van der Waals surface area (Å²) in [4.78, 5) is 42.7. The summed E-state index contributed by atoms with van der Waals surface area (Å²) >= 11 is 0. The van der Waals surface area contributed by atoms with Gasteiger partial charge in [-0.2, -0.15) is 0 Å². The first kappa shape index (κ1) is 48.0. The van der Waals surface area contributed by atoms with Crippen LogP contribution >= 0.6 is 7.82 Å². The molecule has 0 bridgehead atoms. The number of carbonyl (C=O) groups excluding carboxylic acids is 2. The molecular formula is C40H71O9P. The number of phosphoric ester groups is 1. The first-order valence-electron chi connectivity index (χ1n) is 19.4. The van der Waals surface area contributed by atoms with E-state index < -0.39 is 32.5 Å². The number of hydrogen-bond donors (Lipinski definition) is 3. The number of rotatable bonds is 34. The topological polar surface area (TPSA) is 140 Å². The molecule has 290 valence electrons. The molecule has 50 heavy (non-hydrogen) atoms. The second kappa shape index (κ2) is 34.1. The highest BCUT2D eigenvalue weighted by atomic mass is 31.2. The molecule has 0 aliphatic rings. The number of phosphoric acid groups is 1. The minimum atomic E-state index is -4.77. The largest absolute Gasteiger partial charge is 0.469 e. The lowest BCUT2D eigenvalue weighted by Crippen LogP contribution is -2.29. The molecule has 9 nitrogen and oxygen atoms in total. The van der Waals surface area contributed by atoms with Gasteiger partial charge in [0, 0.05) is 12.8 Å². The van der Waals surface area contributed by atoms with E-state index in [0.717, 1.165) is 57.3 Å². The molecule has 10 heteroatoms. The predicted octanol–water partition coefficient (Wildman–Crippen LogP) is 10.4. The van der Waals surface area contributed by atoms with E-state index in [4.69, 9.17) is 19.3 Å². The quantitative estimate of drug-likeness (QED) is 0.0256. The standard InChI is InChI=1S/C40H71O9P/c1-4-29-37(41)31-26-22-18-14-10-6-5-7-11-16-20-24-28-33-40(43)49-38(35-48-50(44,45)46)34-47-39(42)32-27-23-19-15-12-8-9-13-17-21-25-30-36(2)3/h5,7,10,14,16,20,22,26,36-38,41H,4,6,8-9,11-13,15,17-19,21,23-25,27-35H2,1-3H3,(H2,44,45,46)/b7-5-,14-10-,20-16-,26-22-/t37?,38-/m1/s1. The van der Waals surface area contributed by atoms with Gasteiger partial charge in [0.15, 0.2) is 6.10 Å². The normalized spacial score (nSPS) is 13.7. The van der Waals surface area contributed by atoms with Crippen molar-refractivity contribution >= 4 is 19.8 Å². The molecule has 0 amide bonds. The molecule has 1 unspecified atom stereocenters. The minimum absolute atomic E-state index is 0.121. The van der Waals surface area contributed by atoms with Crippen LogP contribution in [0.4, 0.5) is 0 Å². The van der Waals surface area contributed by atoms with Gasteiger partial charge in [0.25, 0.3) is 0 Å². The third kappa shape index (κ3) is 37.2. The van der Waals surface area contributed by atoms with Crippen LogP contribution in [-0.4, -0.2) is 52.3 Å². The summed E-state index contributed by atoms with van der Waals surface area (Å²) in [6, 6.07) is 0. The predicted molar refractivity (Wildman–Crippen MR) is 203 cm³/mol. The van der Waals surface area contributed by atoms with Gasteiger partial charge in [-0.25, -0.2) is 4.57 Å². The molecule has 0 aromatic carbocycles. The van der Waals surface area contributed by atoms with Crippen LogP contribution in [0.15, 0.2) is 48.6 Å². The van der Waals surface area contributed by atoms with E-state index in [2.05, 4.69) is 55.7 Å². The van der Waals surface area contributed by atoms with Gasteiger partial charge in [0.2, 0.25) is 0 Å². The molecule has 0 radical (unpaired) electrons. The summed E-state index contributed by atoms with van der Waals surface area (Å²) in [5.74, 6) is -0.168. The summed E-state index contributed by atoms with van der Waals surface area (Å²) in [5, 5.41) is 9.70. The average molecular weight is 727 g/mol. The van der Waals surface area contributed by atoms with Crippen molar-refractivity contribution in [3.8, 4) is 0 Å². The molecule has 0 rings (SSSR count). The van der Waals surface area contributed by atoms with Crippen LogP contribution in [0.2, 0.25) is 0 Å². The van der Waals surface area contributed by atoms with Crippen LogP contribution in [0.5, 0.6) is 0 Å². The van der Waals surface area contributed by atoms with Gasteiger partial charge in [-0.1, -0.05) is 146 Å². The van der Waals surface area contributed by atoms with Crippen LogP contribution in [0.3, 0.4) is 0 Å². The second-order valence-electron chi connectivity index (χ2n) is 13.6. The first-order valence-corrected chi connectivity index (χ1v) is 20.9. The summed E-state index contributed by atoms with van der Waals surface area (Å²) in [6.07, 6.45) is 36.2. The van der Waals surface area contributed by atoms with Crippen molar-refractivity contribution in [1.82, 2.24) is 0 Å². The van der Waals surface area contributed by atoms with Crippen LogP contribution in [0.1, 0.15) is 162 Å². The Kier molecular flexibility index (Phi) is 32.7. The summed E-state index contributed by atoms with van der Waals surface area (Å²) in [7, 11) is -4.77. The summed E-state index contributed by atoms with van der Waals surface area (Å²) in [5.41, 5.74) is 0. The Hall–Kier alpha value is -2.03. The Balaban J connectivity index is 4.09. The zero-order chi connectivity index (χ0) is 37.1. The Labute approximate surface area is 304 Å². The number of carbonyl (C=O) groups is 2. The molecule has 0 aromatic rings. The van der Waals surface area contributed by atoms with Gasteiger partial charge < -0.3 is 24.4 Å². The number of esters is 2. The maximum Gasteiger partial charge on any atom is 0.469 e. The maximum atomic E-state index is 12.3. The highest BCUT2D eigenvalue weighted by molar-refractivity contribution is 7.46. The summed E-state index contributed by atoms with van der Waals surface area (Å²) in [6.45, 7) is 5.75. The van der Waals surface area contributed by atoms with Crippen molar-refractivity contribution < 1.29 is 43.0 Å². The fourth-order valence-corrected chi connectivity index (χ4v) is 5.57. The fraction of sp³-hybridized carbons (Fsp3) is 0.750. The molecule has 0 aliphatic carbocycles. The zero-order valence-corrected chi connectivity index (χ0v) is 32.5. The van der Waals surface area contributed by atoms with Gasteiger partial charge in [-0.05, 0) is 57.3 Å². The van der Waals surface area contributed by atoms with E-state index in [1.165, 1.54) is 51.4 Å². The smallest absolute Gasteiger partial charge is 0.462 e. The van der Waals surface area contributed by atoms with E-state index in [1.807, 2.05) is 18.2 Å². The number of unbranched alkanes of at least 4 members (excludes halogenated alkanes) is 11. The SMILES string of the molecule is CCCC(O)C/C=C\C/C=C\C/C=C\C/C=C\CCCC(=O)O[C@H](COC(=O)CCCCCCCCCCCCCC(C)C)COP(=O)(O)O. The van der Waals surface area contributed by atoms with E-state index in [9.17, 15) is 19.3 Å². The monoisotopic (exact) mass is 726 g/mol. The second-order valence-corrected chi connectivity index (χ2v) is 14.8. The van der Waals surface area contributed by atoms with Crippen LogP contribution in [0, 0.1) is 5.92 Å². The Morgan fingerprint density at radius 1 is 0.640 bits per heavy atom. The van der Waals surface area contributed by atoms with Crippen molar-refractivity contribution in [3.63, 3.8) is 0 Å². The fourth-order valence-electron chi connectivity index (χ4n) is 5.21. The van der Waals surface area contributed by atoms with Crippen LogP contribution in [0.25, 0.3) is 0 Å². The molecule has 0 heterocycles. The van der Waals surface area contributed by atoms with Gasteiger partial charge in [0.1, 0.15) is 6.61 Å². The third-order valence-corrected chi connectivity index (χ3v) is 8.57. The van der Waals surface area contributed by atoms with Crippen molar-refractivity contribution in [2.75, 3.05) is 13.2 Å². The number of ether oxygens (including phenoxy) is 2. The lowest BCUT2D eigenvalue weighted by Gasteiger charge is -2.18. The van der Waals surface area contributed by atoms with Crippen LogP contribution in [-0.2, 0) is 28.2 Å². The lowest BCUT2D eigenvalue weighted by molar-refractivity contribution is -0.161. The Bertz CT molecular complexity index is 983. The van der Waals surface area contributed by atoms with E-state index in [-0.39, 0.29) is 25.6 Å². The van der Waals surface area contributed by atoms with Gasteiger partial charge in [-0.15, -0.1) is 0 Å². The van der Waals surface area contributed by atoms with Crippen molar-refractivity contribution in [2.24, 2.45) is 5.92 Å². The highest BCUT2D eigenvalue weighted by Gasteiger charge is 2.22.